The van der Waals surface area contributed by atoms with E-state index in [1.807, 2.05) is 0 Å². The van der Waals surface area contributed by atoms with Crippen LogP contribution < -0.4 is 10.5 Å². The van der Waals surface area contributed by atoms with E-state index < -0.39 is 27.9 Å². The summed E-state index contributed by atoms with van der Waals surface area (Å²) in [7, 11) is -4.00. The van der Waals surface area contributed by atoms with Crippen molar-refractivity contribution >= 4 is 21.9 Å². The summed E-state index contributed by atoms with van der Waals surface area (Å²) >= 11 is 0. The molecule has 7 nitrogen and oxygen atoms in total. The predicted octanol–water partition coefficient (Wildman–Crippen LogP) is 0.781. The zero-order chi connectivity index (χ0) is 17.9. The van der Waals surface area contributed by atoms with Crippen LogP contribution in [0.1, 0.15) is 35.6 Å². The number of carboxylic acid groups (broad SMARTS) is 1. The average molecular weight is 342 g/mol. The summed E-state index contributed by atoms with van der Waals surface area (Å²) in [6.45, 7) is 6.57. The Hall–Kier alpha value is -1.93. The second-order valence-corrected chi connectivity index (χ2v) is 7.15. The molecule has 0 saturated heterocycles. The number of amides is 1. The molecule has 1 amide bonds. The Morgan fingerprint density at radius 1 is 1.26 bits per heavy atom. The normalized spacial score (nSPS) is 12.9. The lowest BCUT2D eigenvalue weighted by atomic mass is 9.97. The molecule has 23 heavy (non-hydrogen) atoms. The van der Waals surface area contributed by atoms with Crippen LogP contribution in [0.2, 0.25) is 0 Å². The summed E-state index contributed by atoms with van der Waals surface area (Å²) in [5, 5.41) is 9.01. The minimum atomic E-state index is -4.00. The number of aliphatic carboxylic acids is 1. The first kappa shape index (κ1) is 19.1. The van der Waals surface area contributed by atoms with E-state index in [4.69, 9.17) is 10.8 Å². The first-order valence-corrected chi connectivity index (χ1v) is 8.62. The second-order valence-electron chi connectivity index (χ2n) is 5.50. The van der Waals surface area contributed by atoms with Crippen molar-refractivity contribution in [1.29, 1.82) is 0 Å². The van der Waals surface area contributed by atoms with Crippen molar-refractivity contribution in [3.8, 4) is 0 Å². The van der Waals surface area contributed by atoms with Crippen LogP contribution in [-0.4, -0.2) is 31.4 Å². The van der Waals surface area contributed by atoms with Crippen molar-refractivity contribution in [2.45, 2.75) is 51.5 Å². The number of nitrogens with two attached hydrogens (primary N) is 1. The topological polar surface area (TPSA) is 127 Å². The Morgan fingerprint density at radius 3 is 2.26 bits per heavy atom. The van der Waals surface area contributed by atoms with E-state index in [0.29, 0.717) is 22.3 Å². The lowest BCUT2D eigenvalue weighted by molar-refractivity contribution is -0.136. The van der Waals surface area contributed by atoms with Crippen LogP contribution in [0.3, 0.4) is 0 Å². The van der Waals surface area contributed by atoms with Gasteiger partial charge in [0.15, 0.2) is 0 Å². The molecule has 1 aromatic carbocycles. The number of nitrogens with one attached hydrogen (secondary N) is 1. The first-order chi connectivity index (χ1) is 10.5. The summed E-state index contributed by atoms with van der Waals surface area (Å²) in [6, 6.07) is 0.619. The van der Waals surface area contributed by atoms with Gasteiger partial charge in [-0.3, -0.25) is 9.59 Å². The van der Waals surface area contributed by atoms with E-state index in [1.165, 1.54) is 0 Å². The second kappa shape index (κ2) is 7.10. The molecule has 8 heteroatoms. The van der Waals surface area contributed by atoms with Crippen LogP contribution >= 0.6 is 0 Å². The highest BCUT2D eigenvalue weighted by atomic mass is 32.2. The maximum absolute atomic E-state index is 12.6. The number of carbonyl (C=O) groups excluding carboxylic acids is 1. The maximum Gasteiger partial charge on any atom is 0.307 e. The average Bonchev–Trinajstić information content (AvgIpc) is 2.39. The Bertz CT molecular complexity index is 741. The van der Waals surface area contributed by atoms with Gasteiger partial charge in [0, 0.05) is 0 Å². The van der Waals surface area contributed by atoms with E-state index in [9.17, 15) is 18.0 Å². The van der Waals surface area contributed by atoms with Crippen molar-refractivity contribution in [2.75, 3.05) is 0 Å². The third-order valence-electron chi connectivity index (χ3n) is 3.71. The number of hydrogen-bond donors (Lipinski definition) is 3. The van der Waals surface area contributed by atoms with Crippen LogP contribution in [0, 0.1) is 20.8 Å². The number of sulfonamides is 1. The highest BCUT2D eigenvalue weighted by Crippen LogP contribution is 2.27. The van der Waals surface area contributed by atoms with Gasteiger partial charge in [0.2, 0.25) is 15.9 Å². The lowest BCUT2D eigenvalue weighted by Crippen LogP contribution is -2.44. The van der Waals surface area contributed by atoms with Gasteiger partial charge in [-0.2, -0.15) is 4.72 Å². The fraction of sp³-hybridized carbons (Fsp3) is 0.467. The summed E-state index contributed by atoms with van der Waals surface area (Å²) in [6.07, 6.45) is -0.0476. The molecule has 0 spiro atoms. The van der Waals surface area contributed by atoms with Crippen molar-refractivity contribution < 1.29 is 23.1 Å². The molecule has 0 heterocycles. The van der Waals surface area contributed by atoms with Gasteiger partial charge in [-0.05, 0) is 49.4 Å². The summed E-state index contributed by atoms with van der Waals surface area (Å²) in [5.74, 6) is -1.80. The summed E-state index contributed by atoms with van der Waals surface area (Å²) < 4.78 is 27.6. The third-order valence-corrected chi connectivity index (χ3v) is 5.47. The van der Waals surface area contributed by atoms with E-state index >= 15 is 0 Å². The molecule has 0 aromatic heterocycles. The fourth-order valence-corrected chi connectivity index (χ4v) is 4.42. The lowest BCUT2D eigenvalue weighted by Gasteiger charge is -2.19. The number of aryl methyl sites for hydroxylation is 2. The van der Waals surface area contributed by atoms with Crippen LogP contribution in [0.15, 0.2) is 11.0 Å². The van der Waals surface area contributed by atoms with E-state index in [1.54, 1.807) is 33.8 Å². The molecular formula is C15H22N2O5S. The molecule has 0 aliphatic rings. The number of carbonyl (C=O) groups is 2. The van der Waals surface area contributed by atoms with Gasteiger partial charge < -0.3 is 10.8 Å². The Kier molecular flexibility index (Phi) is 5.90. The summed E-state index contributed by atoms with van der Waals surface area (Å²) in [4.78, 5) is 22.3. The van der Waals surface area contributed by atoms with Gasteiger partial charge in [0.1, 0.15) is 6.04 Å². The largest absolute Gasteiger partial charge is 0.481 e. The van der Waals surface area contributed by atoms with Crippen molar-refractivity contribution in [3.05, 3.63) is 28.3 Å². The molecule has 1 aromatic rings. The molecule has 0 radical (unpaired) electrons. The molecule has 0 aliphatic carbocycles. The molecule has 0 unspecified atom stereocenters. The van der Waals surface area contributed by atoms with Crippen molar-refractivity contribution in [3.63, 3.8) is 0 Å². The van der Waals surface area contributed by atoms with Crippen LogP contribution in [0.5, 0.6) is 0 Å². The molecule has 128 valence electrons. The van der Waals surface area contributed by atoms with Gasteiger partial charge in [-0.25, -0.2) is 8.42 Å². The Balaban J connectivity index is 3.46. The van der Waals surface area contributed by atoms with Gasteiger partial charge >= 0.3 is 5.97 Å². The zero-order valence-corrected chi connectivity index (χ0v) is 14.5. The fourth-order valence-electron chi connectivity index (χ4n) is 2.63. The van der Waals surface area contributed by atoms with Crippen LogP contribution in [-0.2, 0) is 26.0 Å². The molecule has 0 saturated carbocycles. The smallest absolute Gasteiger partial charge is 0.307 e. The van der Waals surface area contributed by atoms with Crippen molar-refractivity contribution in [2.24, 2.45) is 5.73 Å². The van der Waals surface area contributed by atoms with Crippen LogP contribution in [0.4, 0.5) is 0 Å². The van der Waals surface area contributed by atoms with Crippen LogP contribution in [0.25, 0.3) is 0 Å². The number of benzene rings is 1. The molecule has 0 aliphatic heterocycles. The van der Waals surface area contributed by atoms with E-state index in [-0.39, 0.29) is 17.7 Å². The minimum absolute atomic E-state index is 0.000880. The van der Waals surface area contributed by atoms with Gasteiger partial charge in [-0.15, -0.1) is 0 Å². The molecule has 4 N–H and O–H groups in total. The van der Waals surface area contributed by atoms with Crippen molar-refractivity contribution in [1.82, 2.24) is 4.72 Å². The minimum Gasteiger partial charge on any atom is -0.481 e. The summed E-state index contributed by atoms with van der Waals surface area (Å²) in [5.41, 5.74) is 7.21. The third kappa shape index (κ3) is 4.29. The van der Waals surface area contributed by atoms with Gasteiger partial charge in [-0.1, -0.05) is 13.0 Å². The monoisotopic (exact) mass is 342 g/mol. The Morgan fingerprint density at radius 2 is 1.83 bits per heavy atom. The SMILES string of the molecule is CC[C@@H](NS(=O)(=O)c1c(C)cc(C)c(CC(=O)O)c1C)C(N)=O. The molecule has 1 rings (SSSR count). The number of hydrogen-bond acceptors (Lipinski definition) is 4. The standard InChI is InChI=1S/C15H22N2O5S/c1-5-12(15(16)20)17-23(21,22)14-9(3)6-8(2)11(10(14)4)7-13(18)19/h6,12,17H,5,7H2,1-4H3,(H2,16,20)(H,18,19)/t12-/m1/s1. The van der Waals surface area contributed by atoms with Gasteiger partial charge in [0.25, 0.3) is 0 Å². The molecular weight excluding hydrogens is 320 g/mol. The zero-order valence-electron chi connectivity index (χ0n) is 13.6. The molecule has 0 bridgehead atoms. The highest BCUT2D eigenvalue weighted by Gasteiger charge is 2.27. The quantitative estimate of drug-likeness (QED) is 0.675. The maximum atomic E-state index is 12.6. The molecule has 0 fully saturated rings. The molecule has 1 atom stereocenters. The predicted molar refractivity (Wildman–Crippen MR) is 85.6 cm³/mol. The number of carboxylic acids is 1. The Labute approximate surface area is 135 Å². The number of rotatable bonds is 7. The van der Waals surface area contributed by atoms with E-state index in [2.05, 4.69) is 4.72 Å². The van der Waals surface area contributed by atoms with E-state index in [0.717, 1.165) is 0 Å². The highest BCUT2D eigenvalue weighted by molar-refractivity contribution is 7.89. The first-order valence-electron chi connectivity index (χ1n) is 7.14. The van der Waals surface area contributed by atoms with Gasteiger partial charge in [0.05, 0.1) is 11.3 Å². The number of primary amides is 1.